The van der Waals surface area contributed by atoms with E-state index < -0.39 is 6.10 Å². The maximum atomic E-state index is 10.6. The summed E-state index contributed by atoms with van der Waals surface area (Å²) < 4.78 is 11.2. The van der Waals surface area contributed by atoms with Crippen LogP contribution in [0, 0.1) is 6.92 Å². The van der Waals surface area contributed by atoms with Crippen molar-refractivity contribution in [1.29, 1.82) is 0 Å². The highest BCUT2D eigenvalue weighted by Crippen LogP contribution is 2.18. The first kappa shape index (κ1) is 20.9. The Labute approximate surface area is 173 Å². The predicted octanol–water partition coefficient (Wildman–Crippen LogP) is 4.45. The SMILES string of the molecule is COc1cccc(CN(Cc2ccccc2)C[C@@H](O)COc2ccccc2C)c1. The lowest BCUT2D eigenvalue weighted by atomic mass is 10.1. The lowest BCUT2D eigenvalue weighted by molar-refractivity contribution is 0.0626. The molecule has 0 spiro atoms. The Bertz CT molecular complexity index is 882. The van der Waals surface area contributed by atoms with Crippen LogP contribution in [0.1, 0.15) is 16.7 Å². The van der Waals surface area contributed by atoms with Crippen molar-refractivity contribution in [2.75, 3.05) is 20.3 Å². The van der Waals surface area contributed by atoms with E-state index in [0.717, 1.165) is 29.2 Å². The molecule has 3 aromatic carbocycles. The monoisotopic (exact) mass is 391 g/mol. The minimum absolute atomic E-state index is 0.258. The third kappa shape index (κ3) is 6.63. The van der Waals surface area contributed by atoms with Crippen molar-refractivity contribution >= 4 is 0 Å². The molecule has 0 aromatic heterocycles. The molecule has 152 valence electrons. The summed E-state index contributed by atoms with van der Waals surface area (Å²) in [4.78, 5) is 2.23. The van der Waals surface area contributed by atoms with Crippen molar-refractivity contribution in [1.82, 2.24) is 4.90 Å². The molecular formula is C25H29NO3. The van der Waals surface area contributed by atoms with Gasteiger partial charge in [0.2, 0.25) is 0 Å². The van der Waals surface area contributed by atoms with Crippen LogP contribution in [0.25, 0.3) is 0 Å². The van der Waals surface area contributed by atoms with Crippen molar-refractivity contribution in [2.24, 2.45) is 0 Å². The van der Waals surface area contributed by atoms with Gasteiger partial charge in [0.25, 0.3) is 0 Å². The fourth-order valence-electron chi connectivity index (χ4n) is 3.31. The summed E-state index contributed by atoms with van der Waals surface area (Å²) in [7, 11) is 1.67. The van der Waals surface area contributed by atoms with Gasteiger partial charge in [-0.25, -0.2) is 0 Å². The number of aliphatic hydroxyl groups excluding tert-OH is 1. The van der Waals surface area contributed by atoms with Gasteiger partial charge in [0, 0.05) is 19.6 Å². The van der Waals surface area contributed by atoms with Gasteiger partial charge in [-0.05, 0) is 41.8 Å². The molecule has 29 heavy (non-hydrogen) atoms. The van der Waals surface area contributed by atoms with E-state index in [1.54, 1.807) is 7.11 Å². The van der Waals surface area contributed by atoms with Gasteiger partial charge in [-0.1, -0.05) is 60.7 Å². The molecule has 0 aliphatic rings. The average Bonchev–Trinajstić information content (AvgIpc) is 2.74. The largest absolute Gasteiger partial charge is 0.497 e. The zero-order valence-electron chi connectivity index (χ0n) is 17.1. The number of benzene rings is 3. The number of nitrogens with zero attached hydrogens (tertiary/aromatic N) is 1. The molecule has 0 aliphatic carbocycles. The molecule has 0 saturated carbocycles. The molecule has 4 nitrogen and oxygen atoms in total. The third-order valence-corrected chi connectivity index (χ3v) is 4.78. The summed E-state index contributed by atoms with van der Waals surface area (Å²) in [6, 6.07) is 26.2. The van der Waals surface area contributed by atoms with Crippen LogP contribution in [0.3, 0.4) is 0 Å². The van der Waals surface area contributed by atoms with Crippen LogP contribution in [0.5, 0.6) is 11.5 Å². The Morgan fingerprint density at radius 2 is 1.55 bits per heavy atom. The van der Waals surface area contributed by atoms with Gasteiger partial charge in [0.05, 0.1) is 7.11 Å². The van der Waals surface area contributed by atoms with Crippen molar-refractivity contribution in [3.8, 4) is 11.5 Å². The van der Waals surface area contributed by atoms with Gasteiger partial charge in [0.15, 0.2) is 0 Å². The highest BCUT2D eigenvalue weighted by atomic mass is 16.5. The van der Waals surface area contributed by atoms with E-state index >= 15 is 0 Å². The normalized spacial score (nSPS) is 12.0. The lowest BCUT2D eigenvalue weighted by Crippen LogP contribution is -2.35. The topological polar surface area (TPSA) is 41.9 Å². The number of para-hydroxylation sites is 1. The van der Waals surface area contributed by atoms with E-state index in [1.807, 2.05) is 67.6 Å². The zero-order valence-corrected chi connectivity index (χ0v) is 17.1. The molecule has 0 heterocycles. The molecule has 0 fully saturated rings. The Morgan fingerprint density at radius 3 is 2.31 bits per heavy atom. The van der Waals surface area contributed by atoms with Gasteiger partial charge in [-0.3, -0.25) is 4.90 Å². The number of aliphatic hydroxyl groups is 1. The first-order valence-electron chi connectivity index (χ1n) is 9.90. The Morgan fingerprint density at radius 1 is 0.862 bits per heavy atom. The van der Waals surface area contributed by atoms with Crippen LogP contribution >= 0.6 is 0 Å². The maximum Gasteiger partial charge on any atom is 0.122 e. The van der Waals surface area contributed by atoms with Gasteiger partial charge in [0.1, 0.15) is 24.2 Å². The Balaban J connectivity index is 1.65. The number of hydrogen-bond donors (Lipinski definition) is 1. The zero-order chi connectivity index (χ0) is 20.5. The van der Waals surface area contributed by atoms with Crippen molar-refractivity contribution < 1.29 is 14.6 Å². The lowest BCUT2D eigenvalue weighted by Gasteiger charge is -2.26. The minimum atomic E-state index is -0.594. The van der Waals surface area contributed by atoms with Gasteiger partial charge in [-0.2, -0.15) is 0 Å². The quantitative estimate of drug-likeness (QED) is 0.555. The van der Waals surface area contributed by atoms with Crippen LogP contribution < -0.4 is 9.47 Å². The standard InChI is InChI=1S/C25H29NO3/c1-20-9-6-7-14-25(20)29-19-23(27)18-26(16-21-10-4-3-5-11-21)17-22-12-8-13-24(15-22)28-2/h3-15,23,27H,16-19H2,1-2H3/t23-/m1/s1. The van der Waals surface area contributed by atoms with Crippen LogP contribution in [0.15, 0.2) is 78.9 Å². The van der Waals surface area contributed by atoms with Crippen molar-refractivity contribution in [2.45, 2.75) is 26.1 Å². The second-order valence-corrected chi connectivity index (χ2v) is 7.24. The number of ether oxygens (including phenoxy) is 2. The molecule has 0 unspecified atom stereocenters. The number of rotatable bonds is 10. The van der Waals surface area contributed by atoms with E-state index in [9.17, 15) is 5.11 Å². The summed E-state index contributed by atoms with van der Waals surface area (Å²) in [6.07, 6.45) is -0.594. The Hall–Kier alpha value is -2.82. The fraction of sp³-hybridized carbons (Fsp3) is 0.280. The second kappa shape index (κ2) is 10.6. The summed E-state index contributed by atoms with van der Waals surface area (Å²) >= 11 is 0. The van der Waals surface area contributed by atoms with Crippen LogP contribution in [0.4, 0.5) is 0 Å². The summed E-state index contributed by atoms with van der Waals surface area (Å²) in [6.45, 7) is 4.24. The van der Waals surface area contributed by atoms with E-state index in [0.29, 0.717) is 13.1 Å². The number of aryl methyl sites for hydroxylation is 1. The minimum Gasteiger partial charge on any atom is -0.497 e. The second-order valence-electron chi connectivity index (χ2n) is 7.24. The molecule has 4 heteroatoms. The highest BCUT2D eigenvalue weighted by Gasteiger charge is 2.15. The molecular weight excluding hydrogens is 362 g/mol. The smallest absolute Gasteiger partial charge is 0.122 e. The fourth-order valence-corrected chi connectivity index (χ4v) is 3.31. The van der Waals surface area contributed by atoms with E-state index in [2.05, 4.69) is 23.1 Å². The average molecular weight is 392 g/mol. The number of hydrogen-bond acceptors (Lipinski definition) is 4. The molecule has 0 saturated heterocycles. The molecule has 0 radical (unpaired) electrons. The van der Waals surface area contributed by atoms with E-state index in [4.69, 9.17) is 9.47 Å². The van der Waals surface area contributed by atoms with Crippen LogP contribution in [-0.4, -0.2) is 36.4 Å². The molecule has 0 amide bonds. The maximum absolute atomic E-state index is 10.6. The van der Waals surface area contributed by atoms with Crippen molar-refractivity contribution in [3.05, 3.63) is 95.6 Å². The molecule has 3 aromatic rings. The van der Waals surface area contributed by atoms with E-state index in [1.165, 1.54) is 5.56 Å². The molecule has 1 atom stereocenters. The van der Waals surface area contributed by atoms with Gasteiger partial charge < -0.3 is 14.6 Å². The third-order valence-electron chi connectivity index (χ3n) is 4.78. The first-order chi connectivity index (χ1) is 14.1. The van der Waals surface area contributed by atoms with Crippen LogP contribution in [-0.2, 0) is 13.1 Å². The number of methoxy groups -OCH3 is 1. The predicted molar refractivity (Wildman–Crippen MR) is 116 cm³/mol. The van der Waals surface area contributed by atoms with Crippen LogP contribution in [0.2, 0.25) is 0 Å². The van der Waals surface area contributed by atoms with E-state index in [-0.39, 0.29) is 6.61 Å². The van der Waals surface area contributed by atoms with Gasteiger partial charge in [-0.15, -0.1) is 0 Å². The highest BCUT2D eigenvalue weighted by molar-refractivity contribution is 5.31. The molecule has 3 rings (SSSR count). The Kier molecular flexibility index (Phi) is 7.68. The molecule has 0 aliphatic heterocycles. The van der Waals surface area contributed by atoms with Crippen molar-refractivity contribution in [3.63, 3.8) is 0 Å². The summed E-state index contributed by atoms with van der Waals surface area (Å²) in [5.41, 5.74) is 3.42. The summed E-state index contributed by atoms with van der Waals surface area (Å²) in [5, 5.41) is 10.6. The molecule has 0 bridgehead atoms. The summed E-state index contributed by atoms with van der Waals surface area (Å²) in [5.74, 6) is 1.65. The van der Waals surface area contributed by atoms with Gasteiger partial charge >= 0.3 is 0 Å². The first-order valence-corrected chi connectivity index (χ1v) is 9.90. The molecule has 1 N–H and O–H groups in total.